The summed E-state index contributed by atoms with van der Waals surface area (Å²) >= 11 is 5.99. The topological polar surface area (TPSA) is 74.5 Å². The van der Waals surface area contributed by atoms with E-state index in [4.69, 9.17) is 17.3 Å². The molecule has 0 fully saturated rings. The van der Waals surface area contributed by atoms with E-state index in [2.05, 4.69) is 9.98 Å². The van der Waals surface area contributed by atoms with Gasteiger partial charge in [-0.2, -0.15) is 0 Å². The van der Waals surface area contributed by atoms with Crippen LogP contribution in [0.2, 0.25) is 5.02 Å². The number of fused-ring (bicyclic) bond motifs is 1. The molecule has 2 aliphatic heterocycles. The van der Waals surface area contributed by atoms with Gasteiger partial charge in [-0.15, -0.1) is 0 Å². The summed E-state index contributed by atoms with van der Waals surface area (Å²) in [4.78, 5) is 22.0. The Morgan fingerprint density at radius 3 is 3.09 bits per heavy atom. The van der Waals surface area contributed by atoms with Crippen molar-refractivity contribution in [1.29, 1.82) is 0 Å². The SMILES string of the molecule is NC1=NC2=C(C1)CN(C(=O)c1cc3cc(Cl)ccc3[nH]1)CC2. The quantitative estimate of drug-likeness (QED) is 0.849. The molecule has 4 rings (SSSR count). The van der Waals surface area contributed by atoms with Gasteiger partial charge in [0.25, 0.3) is 5.91 Å². The summed E-state index contributed by atoms with van der Waals surface area (Å²) in [6.45, 7) is 1.28. The number of carbonyl (C=O) groups excluding carboxylic acids is 1. The molecule has 2 aliphatic rings. The Kier molecular flexibility index (Phi) is 2.97. The van der Waals surface area contributed by atoms with Gasteiger partial charge < -0.3 is 15.6 Å². The van der Waals surface area contributed by atoms with Gasteiger partial charge in [-0.05, 0) is 29.8 Å². The van der Waals surface area contributed by atoms with E-state index in [1.807, 2.05) is 29.2 Å². The van der Waals surface area contributed by atoms with Crippen molar-refractivity contribution in [1.82, 2.24) is 9.88 Å². The van der Waals surface area contributed by atoms with Gasteiger partial charge in [-0.25, -0.2) is 4.99 Å². The van der Waals surface area contributed by atoms with Gasteiger partial charge in [0.1, 0.15) is 11.5 Å². The van der Waals surface area contributed by atoms with Gasteiger partial charge in [0.2, 0.25) is 0 Å². The Bertz CT molecular complexity index is 849. The van der Waals surface area contributed by atoms with E-state index in [1.54, 1.807) is 0 Å². The first kappa shape index (κ1) is 13.4. The number of rotatable bonds is 1. The molecule has 0 saturated heterocycles. The zero-order valence-corrected chi connectivity index (χ0v) is 12.7. The number of H-pyrrole nitrogens is 1. The first-order valence-corrected chi connectivity index (χ1v) is 7.59. The molecule has 2 aromatic rings. The largest absolute Gasteiger partial charge is 0.387 e. The molecule has 0 saturated carbocycles. The molecule has 1 aromatic heterocycles. The molecular weight excluding hydrogens is 300 g/mol. The van der Waals surface area contributed by atoms with E-state index in [0.717, 1.165) is 28.6 Å². The van der Waals surface area contributed by atoms with E-state index < -0.39 is 0 Å². The number of amides is 1. The summed E-state index contributed by atoms with van der Waals surface area (Å²) in [7, 11) is 0. The van der Waals surface area contributed by atoms with Crippen LogP contribution in [0.25, 0.3) is 10.9 Å². The van der Waals surface area contributed by atoms with Gasteiger partial charge in [-0.1, -0.05) is 11.6 Å². The standard InChI is InChI=1S/C16H15ClN4O/c17-11-1-2-12-9(5-11)6-14(19-12)16(22)21-4-3-13-10(8-21)7-15(18)20-13/h1-2,5-6,19H,3-4,7-8H2,(H2,18,20). The van der Waals surface area contributed by atoms with Crippen LogP contribution >= 0.6 is 11.6 Å². The van der Waals surface area contributed by atoms with E-state index in [-0.39, 0.29) is 5.91 Å². The highest BCUT2D eigenvalue weighted by atomic mass is 35.5. The van der Waals surface area contributed by atoms with Crippen LogP contribution in [0, 0.1) is 0 Å². The number of carbonyl (C=O) groups is 1. The molecule has 3 N–H and O–H groups in total. The fourth-order valence-electron chi connectivity index (χ4n) is 3.11. The van der Waals surface area contributed by atoms with E-state index in [0.29, 0.717) is 36.1 Å². The van der Waals surface area contributed by atoms with Crippen molar-refractivity contribution >= 4 is 34.2 Å². The van der Waals surface area contributed by atoms with Crippen LogP contribution in [0.3, 0.4) is 0 Å². The second-order valence-electron chi connectivity index (χ2n) is 5.72. The lowest BCUT2D eigenvalue weighted by Gasteiger charge is -2.27. The minimum absolute atomic E-state index is 0.00402. The summed E-state index contributed by atoms with van der Waals surface area (Å²) in [5.41, 5.74) is 9.51. The molecule has 0 radical (unpaired) electrons. The molecule has 5 nitrogen and oxygen atoms in total. The Balaban J connectivity index is 1.59. The normalized spacial score (nSPS) is 17.9. The number of hydrogen-bond acceptors (Lipinski definition) is 3. The van der Waals surface area contributed by atoms with E-state index >= 15 is 0 Å². The minimum atomic E-state index is 0.00402. The lowest BCUT2D eigenvalue weighted by atomic mass is 10.1. The molecular formula is C16H15ClN4O. The number of aliphatic imine (C=N–C) groups is 1. The van der Waals surface area contributed by atoms with E-state index in [1.165, 1.54) is 0 Å². The Morgan fingerprint density at radius 2 is 2.23 bits per heavy atom. The maximum Gasteiger partial charge on any atom is 0.270 e. The number of nitrogens with two attached hydrogens (primary N) is 1. The summed E-state index contributed by atoms with van der Waals surface area (Å²) in [5.74, 6) is 0.656. The maximum absolute atomic E-state index is 12.7. The van der Waals surface area contributed by atoms with Gasteiger partial charge in [0, 0.05) is 47.6 Å². The molecule has 1 amide bonds. The van der Waals surface area contributed by atoms with Crippen LogP contribution in [-0.2, 0) is 0 Å². The average molecular weight is 315 g/mol. The Morgan fingerprint density at radius 1 is 1.36 bits per heavy atom. The summed E-state index contributed by atoms with van der Waals surface area (Å²) in [6.07, 6.45) is 1.45. The zero-order valence-electron chi connectivity index (χ0n) is 11.9. The second kappa shape index (κ2) is 4.88. The van der Waals surface area contributed by atoms with Crippen molar-refractivity contribution in [3.05, 3.63) is 46.3 Å². The van der Waals surface area contributed by atoms with Crippen LogP contribution < -0.4 is 5.73 Å². The highest BCUT2D eigenvalue weighted by Gasteiger charge is 2.27. The molecule has 22 heavy (non-hydrogen) atoms. The number of hydrogen-bond donors (Lipinski definition) is 2. The predicted octanol–water partition coefficient (Wildman–Crippen LogP) is 2.68. The first-order chi connectivity index (χ1) is 10.6. The summed E-state index contributed by atoms with van der Waals surface area (Å²) < 4.78 is 0. The number of aromatic nitrogens is 1. The molecule has 0 bridgehead atoms. The van der Waals surface area contributed by atoms with E-state index in [9.17, 15) is 4.79 Å². The first-order valence-electron chi connectivity index (χ1n) is 7.21. The van der Waals surface area contributed by atoms with Gasteiger partial charge >= 0.3 is 0 Å². The molecule has 6 heteroatoms. The molecule has 0 unspecified atom stereocenters. The average Bonchev–Trinajstić information content (AvgIpc) is 3.07. The zero-order chi connectivity index (χ0) is 15.3. The van der Waals surface area contributed by atoms with Crippen LogP contribution in [0.15, 0.2) is 40.5 Å². The Hall–Kier alpha value is -2.27. The van der Waals surface area contributed by atoms with Crippen molar-refractivity contribution in [3.63, 3.8) is 0 Å². The maximum atomic E-state index is 12.7. The van der Waals surface area contributed by atoms with Gasteiger partial charge in [0.05, 0.1) is 0 Å². The number of benzene rings is 1. The molecule has 3 heterocycles. The highest BCUT2D eigenvalue weighted by molar-refractivity contribution is 6.31. The minimum Gasteiger partial charge on any atom is -0.387 e. The third-order valence-corrected chi connectivity index (χ3v) is 4.42. The fraction of sp³-hybridized carbons (Fsp3) is 0.250. The second-order valence-corrected chi connectivity index (χ2v) is 6.16. The number of nitrogens with zero attached hydrogens (tertiary/aromatic N) is 2. The predicted molar refractivity (Wildman–Crippen MR) is 87.1 cm³/mol. The molecule has 1 aromatic carbocycles. The van der Waals surface area contributed by atoms with Crippen molar-refractivity contribution in [3.8, 4) is 0 Å². The summed E-state index contributed by atoms with van der Waals surface area (Å²) in [5, 5.41) is 1.61. The molecule has 0 atom stereocenters. The smallest absolute Gasteiger partial charge is 0.270 e. The van der Waals surface area contributed by atoms with Crippen LogP contribution in [0.4, 0.5) is 0 Å². The van der Waals surface area contributed by atoms with Crippen LogP contribution in [0.5, 0.6) is 0 Å². The molecule has 0 spiro atoms. The van der Waals surface area contributed by atoms with Gasteiger partial charge in [-0.3, -0.25) is 4.79 Å². The number of amidine groups is 1. The Labute approximate surface area is 132 Å². The molecule has 112 valence electrons. The monoisotopic (exact) mass is 314 g/mol. The van der Waals surface area contributed by atoms with Crippen molar-refractivity contribution in [2.75, 3.05) is 13.1 Å². The van der Waals surface area contributed by atoms with Crippen LogP contribution in [0.1, 0.15) is 23.3 Å². The van der Waals surface area contributed by atoms with Crippen LogP contribution in [-0.4, -0.2) is 34.7 Å². The third-order valence-electron chi connectivity index (χ3n) is 4.18. The van der Waals surface area contributed by atoms with Crippen molar-refractivity contribution in [2.24, 2.45) is 10.7 Å². The van der Waals surface area contributed by atoms with Crippen molar-refractivity contribution < 1.29 is 4.79 Å². The molecule has 0 aliphatic carbocycles. The van der Waals surface area contributed by atoms with Gasteiger partial charge in [0.15, 0.2) is 0 Å². The number of nitrogens with one attached hydrogen (secondary N) is 1. The lowest BCUT2D eigenvalue weighted by Crippen LogP contribution is -2.36. The summed E-state index contributed by atoms with van der Waals surface area (Å²) in [6, 6.07) is 7.40. The fourth-order valence-corrected chi connectivity index (χ4v) is 3.29. The number of halogens is 1. The number of aromatic amines is 1. The third kappa shape index (κ3) is 2.18. The highest BCUT2D eigenvalue weighted by Crippen LogP contribution is 2.28. The lowest BCUT2D eigenvalue weighted by molar-refractivity contribution is 0.0758. The van der Waals surface area contributed by atoms with Crippen molar-refractivity contribution in [2.45, 2.75) is 12.8 Å².